The number of aromatic hydroxyl groups is 1. The van der Waals surface area contributed by atoms with Gasteiger partial charge < -0.3 is 34.8 Å². The molecule has 0 saturated carbocycles. The van der Waals surface area contributed by atoms with Crippen molar-refractivity contribution in [2.75, 3.05) is 84.5 Å². The highest BCUT2D eigenvalue weighted by atomic mass is 19.1. The molecule has 4 aliphatic rings. The summed E-state index contributed by atoms with van der Waals surface area (Å²) in [7, 11) is 4.24. The van der Waals surface area contributed by atoms with Crippen LogP contribution in [0.5, 0.6) is 11.8 Å². The first kappa shape index (κ1) is 32.9. The van der Waals surface area contributed by atoms with Gasteiger partial charge in [0.15, 0.2) is 5.82 Å². The van der Waals surface area contributed by atoms with Gasteiger partial charge in [-0.1, -0.05) is 30.3 Å². The van der Waals surface area contributed by atoms with Crippen molar-refractivity contribution in [1.82, 2.24) is 34.9 Å². The van der Waals surface area contributed by atoms with Crippen LogP contribution < -0.4 is 15.0 Å². The van der Waals surface area contributed by atoms with Gasteiger partial charge in [0.25, 0.3) is 0 Å². The Morgan fingerprint density at radius 3 is 2.48 bits per heavy atom. The van der Waals surface area contributed by atoms with Gasteiger partial charge in [0.2, 0.25) is 0 Å². The number of halogens is 1. The second-order valence-corrected chi connectivity index (χ2v) is 14.5. The molecule has 8 rings (SSSR count). The van der Waals surface area contributed by atoms with Gasteiger partial charge in [-0.15, -0.1) is 0 Å². The van der Waals surface area contributed by atoms with Crippen molar-refractivity contribution in [3.8, 4) is 22.9 Å². The van der Waals surface area contributed by atoms with E-state index >= 15 is 4.39 Å². The van der Waals surface area contributed by atoms with Gasteiger partial charge in [-0.3, -0.25) is 4.90 Å². The predicted octanol–water partition coefficient (Wildman–Crippen LogP) is 4.38. The number of aromatic nitrogens is 2. The number of phenolic OH excluding ortho intramolecular Hbond substituents is 1. The Labute approximate surface area is 292 Å². The zero-order chi connectivity index (χ0) is 34.4. The van der Waals surface area contributed by atoms with Crippen LogP contribution in [0.1, 0.15) is 25.7 Å². The van der Waals surface area contributed by atoms with Crippen LogP contribution in [-0.4, -0.2) is 138 Å². The minimum absolute atomic E-state index is 0.00226. The van der Waals surface area contributed by atoms with Gasteiger partial charge in [0.05, 0.1) is 12.1 Å². The van der Waals surface area contributed by atoms with E-state index in [1.807, 2.05) is 35.2 Å². The smallest absolute Gasteiger partial charge is 0.319 e. The van der Waals surface area contributed by atoms with Crippen LogP contribution >= 0.6 is 0 Å². The molecule has 5 heterocycles. The van der Waals surface area contributed by atoms with Gasteiger partial charge in [0, 0.05) is 69.3 Å². The standard InChI is InChI=1S/C38H47FN8O3/c1-43-16-18-45(19-17-43)15-13-40-38(49)47-26-9-10-27(47)23-46(22-26)36-32-12-11-31(33-21-29(48)20-25-6-3-4-8-30(25)33)34(39)35(32)41-37(42-36)50-24-28-7-5-14-44(28)2/h3-4,6,8,11-12,20-21,26-28,48H,5,7,9-10,13-19,22-24H2,1-2H3,(H,40,49). The van der Waals surface area contributed by atoms with Crippen LogP contribution in [0.3, 0.4) is 0 Å². The normalized spacial score (nSPS) is 23.3. The summed E-state index contributed by atoms with van der Waals surface area (Å²) >= 11 is 0. The van der Waals surface area contributed by atoms with Crippen molar-refractivity contribution in [3.63, 3.8) is 0 Å². The van der Waals surface area contributed by atoms with Gasteiger partial charge in [-0.2, -0.15) is 9.97 Å². The molecule has 2 amide bonds. The lowest BCUT2D eigenvalue weighted by atomic mass is 9.96. The highest BCUT2D eigenvalue weighted by molar-refractivity contribution is 6.01. The molecule has 4 saturated heterocycles. The van der Waals surface area contributed by atoms with E-state index in [0.717, 1.165) is 75.7 Å². The number of rotatable bonds is 8. The minimum atomic E-state index is -0.480. The number of urea groups is 1. The Kier molecular flexibility index (Phi) is 9.09. The van der Waals surface area contributed by atoms with E-state index in [1.54, 1.807) is 18.2 Å². The van der Waals surface area contributed by atoms with E-state index in [2.05, 4.69) is 44.0 Å². The number of anilines is 1. The molecule has 3 aromatic carbocycles. The summed E-state index contributed by atoms with van der Waals surface area (Å²) in [5.41, 5.74) is 1.14. The van der Waals surface area contributed by atoms with Crippen molar-refractivity contribution in [3.05, 3.63) is 54.3 Å². The summed E-state index contributed by atoms with van der Waals surface area (Å²) < 4.78 is 23.1. The maximum atomic E-state index is 16.8. The highest BCUT2D eigenvalue weighted by Gasteiger charge is 2.43. The number of hydrogen-bond acceptors (Lipinski definition) is 9. The summed E-state index contributed by atoms with van der Waals surface area (Å²) in [5, 5.41) is 16.0. The van der Waals surface area contributed by atoms with Crippen LogP contribution in [0.15, 0.2) is 48.5 Å². The molecule has 12 heteroatoms. The molecule has 0 spiro atoms. The second kappa shape index (κ2) is 13.8. The Morgan fingerprint density at radius 2 is 1.72 bits per heavy atom. The lowest BCUT2D eigenvalue weighted by Crippen LogP contribution is -2.59. The molecule has 264 valence electrons. The van der Waals surface area contributed by atoms with E-state index in [-0.39, 0.29) is 41.4 Å². The number of carbonyl (C=O) groups is 1. The molecule has 11 nitrogen and oxygen atoms in total. The van der Waals surface area contributed by atoms with Crippen LogP contribution in [-0.2, 0) is 0 Å². The fourth-order valence-electron chi connectivity index (χ4n) is 8.41. The average molecular weight is 683 g/mol. The highest BCUT2D eigenvalue weighted by Crippen LogP contribution is 2.40. The molecule has 50 heavy (non-hydrogen) atoms. The van der Waals surface area contributed by atoms with Crippen molar-refractivity contribution in [2.45, 2.75) is 43.8 Å². The largest absolute Gasteiger partial charge is 0.508 e. The van der Waals surface area contributed by atoms with Crippen LogP contribution in [0.4, 0.5) is 15.0 Å². The number of piperazine rings is 2. The molecule has 0 aliphatic carbocycles. The maximum Gasteiger partial charge on any atom is 0.319 e. The lowest BCUT2D eigenvalue weighted by Gasteiger charge is -2.42. The lowest BCUT2D eigenvalue weighted by molar-refractivity contribution is 0.146. The van der Waals surface area contributed by atoms with E-state index in [0.29, 0.717) is 48.6 Å². The molecular formula is C38H47FN8O3. The zero-order valence-electron chi connectivity index (χ0n) is 29.0. The van der Waals surface area contributed by atoms with Crippen molar-refractivity contribution >= 4 is 33.5 Å². The number of benzene rings is 3. The summed E-state index contributed by atoms with van der Waals surface area (Å²) in [6.45, 7) is 8.29. The molecule has 3 unspecified atom stereocenters. The third-order valence-electron chi connectivity index (χ3n) is 11.3. The van der Waals surface area contributed by atoms with Gasteiger partial charge in [-0.25, -0.2) is 9.18 Å². The first-order valence-electron chi connectivity index (χ1n) is 18.1. The first-order chi connectivity index (χ1) is 24.3. The summed E-state index contributed by atoms with van der Waals surface area (Å²) in [4.78, 5) is 34.3. The van der Waals surface area contributed by atoms with Crippen LogP contribution in [0.25, 0.3) is 32.8 Å². The van der Waals surface area contributed by atoms with Crippen LogP contribution in [0.2, 0.25) is 0 Å². The first-order valence-corrected chi connectivity index (χ1v) is 18.1. The molecule has 2 N–H and O–H groups in total. The third-order valence-corrected chi connectivity index (χ3v) is 11.3. The van der Waals surface area contributed by atoms with Gasteiger partial charge in [-0.05, 0) is 80.9 Å². The molecule has 4 aromatic rings. The SMILES string of the molecule is CN1CCN(CCNC(=O)N2C3CCC2CN(c2nc(OCC4CCCN4C)nc4c(F)c(-c5cc(O)cc6ccccc56)ccc24)C3)CC1. The number of carbonyl (C=O) groups excluding carboxylic acids is 1. The topological polar surface area (TPSA) is 101 Å². The van der Waals surface area contributed by atoms with Crippen LogP contribution in [0, 0.1) is 5.82 Å². The fraction of sp³-hybridized carbons (Fsp3) is 0.500. The van der Waals surface area contributed by atoms with Gasteiger partial charge in [0.1, 0.15) is 23.7 Å². The number of fused-ring (bicyclic) bond motifs is 4. The predicted molar refractivity (Wildman–Crippen MR) is 193 cm³/mol. The second-order valence-electron chi connectivity index (χ2n) is 14.5. The van der Waals surface area contributed by atoms with Crippen molar-refractivity contribution in [2.24, 2.45) is 0 Å². The average Bonchev–Trinajstić information content (AvgIpc) is 3.65. The molecular weight excluding hydrogens is 635 g/mol. The van der Waals surface area contributed by atoms with E-state index < -0.39 is 5.82 Å². The summed E-state index contributed by atoms with van der Waals surface area (Å²) in [6, 6.07) is 15.1. The Morgan fingerprint density at radius 1 is 0.940 bits per heavy atom. The molecule has 2 bridgehead atoms. The van der Waals surface area contributed by atoms with E-state index in [9.17, 15) is 9.90 Å². The molecule has 0 radical (unpaired) electrons. The number of nitrogens with one attached hydrogen (secondary N) is 1. The summed E-state index contributed by atoms with van der Waals surface area (Å²) in [6.07, 6.45) is 3.97. The minimum Gasteiger partial charge on any atom is -0.508 e. The Bertz CT molecular complexity index is 1870. The van der Waals surface area contributed by atoms with E-state index in [1.165, 1.54) is 0 Å². The Balaban J connectivity index is 1.08. The third kappa shape index (κ3) is 6.40. The van der Waals surface area contributed by atoms with Gasteiger partial charge >= 0.3 is 12.0 Å². The fourth-order valence-corrected chi connectivity index (χ4v) is 8.41. The number of nitrogens with zero attached hydrogens (tertiary/aromatic N) is 7. The zero-order valence-corrected chi connectivity index (χ0v) is 29.0. The number of likely N-dealkylation sites (tertiary alicyclic amines) is 1. The number of hydrogen-bond donors (Lipinski definition) is 2. The molecule has 4 aliphatic heterocycles. The quantitative estimate of drug-likeness (QED) is 0.281. The molecule has 3 atom stereocenters. The number of likely N-dealkylation sites (N-methyl/N-ethyl adjacent to an activating group) is 2. The monoisotopic (exact) mass is 682 g/mol. The Hall–Kier alpha value is -4.26. The van der Waals surface area contributed by atoms with Crippen molar-refractivity contribution < 1.29 is 19.0 Å². The summed E-state index contributed by atoms with van der Waals surface area (Å²) in [5.74, 6) is 0.220. The number of ether oxygens (including phenoxy) is 1. The maximum absolute atomic E-state index is 16.8. The number of amides is 2. The molecule has 4 fully saturated rings. The molecule has 1 aromatic heterocycles. The van der Waals surface area contributed by atoms with Crippen molar-refractivity contribution in [1.29, 1.82) is 0 Å². The van der Waals surface area contributed by atoms with E-state index in [4.69, 9.17) is 9.72 Å². The number of phenols is 1.